The second kappa shape index (κ2) is 8.05. The van der Waals surface area contributed by atoms with Gasteiger partial charge in [-0.15, -0.1) is 0 Å². The van der Waals surface area contributed by atoms with E-state index in [2.05, 4.69) is 20.5 Å². The van der Waals surface area contributed by atoms with Crippen LogP contribution in [-0.2, 0) is 13.6 Å². The van der Waals surface area contributed by atoms with E-state index in [9.17, 15) is 9.18 Å². The van der Waals surface area contributed by atoms with Crippen LogP contribution in [-0.4, -0.2) is 37.0 Å². The lowest BCUT2D eigenvalue weighted by Crippen LogP contribution is -2.29. The molecule has 0 aliphatic heterocycles. The zero-order valence-electron chi connectivity index (χ0n) is 15.8. The molecule has 0 bridgehead atoms. The Morgan fingerprint density at radius 3 is 2.48 bits per heavy atom. The largest absolute Gasteiger partial charge is 0.349 e. The van der Waals surface area contributed by atoms with Crippen LogP contribution >= 0.6 is 0 Å². The van der Waals surface area contributed by atoms with Gasteiger partial charge >= 0.3 is 0 Å². The molecule has 1 amide bonds. The molecule has 8 heteroatoms. The fourth-order valence-electron chi connectivity index (χ4n) is 2.98. The van der Waals surface area contributed by atoms with Crippen LogP contribution in [0.1, 0.15) is 10.5 Å². The molecule has 0 saturated carbocycles. The predicted molar refractivity (Wildman–Crippen MR) is 106 cm³/mol. The summed E-state index contributed by atoms with van der Waals surface area (Å²) in [6, 6.07) is 13.4. The highest BCUT2D eigenvalue weighted by atomic mass is 19.1. The van der Waals surface area contributed by atoms with Crippen molar-refractivity contribution in [3.8, 4) is 22.5 Å². The third kappa shape index (κ3) is 4.21. The Balaban J connectivity index is 1.37. The molecule has 0 saturated heterocycles. The van der Waals surface area contributed by atoms with Gasteiger partial charge in [-0.3, -0.25) is 19.1 Å². The van der Waals surface area contributed by atoms with Crippen molar-refractivity contribution in [3.63, 3.8) is 0 Å². The number of aryl methyl sites for hydroxylation is 1. The number of carbonyl (C=O) groups is 1. The van der Waals surface area contributed by atoms with Gasteiger partial charge in [-0.05, 0) is 48.5 Å². The van der Waals surface area contributed by atoms with E-state index in [1.54, 1.807) is 42.3 Å². The minimum absolute atomic E-state index is 0.227. The summed E-state index contributed by atoms with van der Waals surface area (Å²) in [4.78, 5) is 16.5. The molecule has 0 unspecified atom stereocenters. The number of rotatable bonds is 6. The van der Waals surface area contributed by atoms with Crippen LogP contribution in [0.5, 0.6) is 0 Å². The molecule has 0 aliphatic carbocycles. The van der Waals surface area contributed by atoms with Crippen molar-refractivity contribution >= 4 is 5.91 Å². The average molecular weight is 390 g/mol. The van der Waals surface area contributed by atoms with E-state index in [4.69, 9.17) is 0 Å². The Hall–Kier alpha value is -3.81. The lowest BCUT2D eigenvalue weighted by atomic mass is 10.1. The minimum Gasteiger partial charge on any atom is -0.349 e. The highest BCUT2D eigenvalue weighted by molar-refractivity contribution is 5.93. The fraction of sp³-hybridized carbons (Fsp3) is 0.143. The number of nitrogens with one attached hydrogen (secondary N) is 1. The SMILES string of the molecule is Cn1nc(-c2ccc(F)cc2)cc1C(=O)NCCn1ccc(-c2ccncc2)n1. The smallest absolute Gasteiger partial charge is 0.269 e. The molecule has 3 heterocycles. The van der Waals surface area contributed by atoms with Gasteiger partial charge in [-0.25, -0.2) is 4.39 Å². The predicted octanol–water partition coefficient (Wildman–Crippen LogP) is 2.91. The molecule has 4 aromatic rings. The molecule has 0 aliphatic rings. The van der Waals surface area contributed by atoms with Gasteiger partial charge < -0.3 is 5.32 Å². The van der Waals surface area contributed by atoms with Gasteiger partial charge in [0.05, 0.1) is 17.9 Å². The van der Waals surface area contributed by atoms with Crippen molar-refractivity contribution in [1.29, 1.82) is 0 Å². The normalized spacial score (nSPS) is 10.8. The minimum atomic E-state index is -0.312. The lowest BCUT2D eigenvalue weighted by Gasteiger charge is -2.05. The quantitative estimate of drug-likeness (QED) is 0.549. The summed E-state index contributed by atoms with van der Waals surface area (Å²) >= 11 is 0. The summed E-state index contributed by atoms with van der Waals surface area (Å²) in [5.74, 6) is -0.539. The van der Waals surface area contributed by atoms with E-state index < -0.39 is 0 Å². The van der Waals surface area contributed by atoms with Crippen molar-refractivity contribution in [2.75, 3.05) is 6.54 Å². The second-order valence-electron chi connectivity index (χ2n) is 6.50. The van der Waals surface area contributed by atoms with E-state index in [1.165, 1.54) is 16.8 Å². The molecular weight excluding hydrogens is 371 g/mol. The third-order valence-electron chi connectivity index (χ3n) is 4.50. The van der Waals surface area contributed by atoms with Crippen LogP contribution in [0.3, 0.4) is 0 Å². The van der Waals surface area contributed by atoms with Crippen LogP contribution in [0.15, 0.2) is 67.1 Å². The number of benzene rings is 1. The molecule has 29 heavy (non-hydrogen) atoms. The first-order chi connectivity index (χ1) is 14.1. The topological polar surface area (TPSA) is 77.6 Å². The maximum Gasteiger partial charge on any atom is 0.269 e. The van der Waals surface area contributed by atoms with Crippen molar-refractivity contribution < 1.29 is 9.18 Å². The molecule has 1 N–H and O–H groups in total. The molecule has 0 spiro atoms. The first-order valence-corrected chi connectivity index (χ1v) is 9.12. The monoisotopic (exact) mass is 390 g/mol. The van der Waals surface area contributed by atoms with Gasteiger partial charge in [0, 0.05) is 43.3 Å². The van der Waals surface area contributed by atoms with Crippen LogP contribution in [0, 0.1) is 5.82 Å². The number of amides is 1. The highest BCUT2D eigenvalue weighted by Gasteiger charge is 2.14. The number of hydrogen-bond donors (Lipinski definition) is 1. The Labute approximate surface area is 166 Å². The Morgan fingerprint density at radius 1 is 1.00 bits per heavy atom. The van der Waals surface area contributed by atoms with E-state index in [-0.39, 0.29) is 11.7 Å². The Kier molecular flexibility index (Phi) is 5.15. The summed E-state index contributed by atoms with van der Waals surface area (Å²) in [6.45, 7) is 0.965. The van der Waals surface area contributed by atoms with Gasteiger partial charge in [0.1, 0.15) is 11.5 Å². The number of halogens is 1. The summed E-state index contributed by atoms with van der Waals surface area (Å²) in [7, 11) is 1.70. The van der Waals surface area contributed by atoms with E-state index in [1.807, 2.05) is 24.4 Å². The van der Waals surface area contributed by atoms with Crippen molar-refractivity contribution in [2.24, 2.45) is 7.05 Å². The number of hydrogen-bond acceptors (Lipinski definition) is 4. The molecule has 4 rings (SSSR count). The second-order valence-corrected chi connectivity index (χ2v) is 6.50. The van der Waals surface area contributed by atoms with Crippen molar-refractivity contribution in [2.45, 2.75) is 6.54 Å². The van der Waals surface area contributed by atoms with Crippen LogP contribution in [0.25, 0.3) is 22.5 Å². The highest BCUT2D eigenvalue weighted by Crippen LogP contribution is 2.19. The van der Waals surface area contributed by atoms with Crippen LogP contribution in [0.2, 0.25) is 0 Å². The zero-order chi connectivity index (χ0) is 20.2. The average Bonchev–Trinajstić information content (AvgIpc) is 3.36. The van der Waals surface area contributed by atoms with Gasteiger partial charge in [-0.2, -0.15) is 10.2 Å². The van der Waals surface area contributed by atoms with Gasteiger partial charge in [0.25, 0.3) is 5.91 Å². The molecule has 1 aromatic carbocycles. The maximum atomic E-state index is 13.1. The van der Waals surface area contributed by atoms with Crippen LogP contribution in [0.4, 0.5) is 4.39 Å². The van der Waals surface area contributed by atoms with E-state index in [0.717, 1.165) is 16.8 Å². The Morgan fingerprint density at radius 2 is 1.72 bits per heavy atom. The molecule has 146 valence electrons. The summed E-state index contributed by atoms with van der Waals surface area (Å²) in [6.07, 6.45) is 5.32. The van der Waals surface area contributed by atoms with Gasteiger partial charge in [0.2, 0.25) is 0 Å². The molecule has 3 aromatic heterocycles. The third-order valence-corrected chi connectivity index (χ3v) is 4.50. The summed E-state index contributed by atoms with van der Waals surface area (Å²) in [5, 5.41) is 11.7. The molecule has 0 radical (unpaired) electrons. The van der Waals surface area contributed by atoms with Gasteiger partial charge in [0.15, 0.2) is 0 Å². The van der Waals surface area contributed by atoms with Crippen LogP contribution < -0.4 is 5.32 Å². The number of carbonyl (C=O) groups excluding carboxylic acids is 1. The van der Waals surface area contributed by atoms with Gasteiger partial charge in [-0.1, -0.05) is 0 Å². The maximum absolute atomic E-state index is 13.1. The van der Waals surface area contributed by atoms with Crippen molar-refractivity contribution in [1.82, 2.24) is 29.9 Å². The summed E-state index contributed by atoms with van der Waals surface area (Å²) in [5.41, 5.74) is 3.65. The lowest BCUT2D eigenvalue weighted by molar-refractivity contribution is 0.0942. The first-order valence-electron chi connectivity index (χ1n) is 9.12. The Bertz CT molecular complexity index is 1120. The molecule has 7 nitrogen and oxygen atoms in total. The molecule has 0 atom stereocenters. The summed E-state index contributed by atoms with van der Waals surface area (Å²) < 4.78 is 16.4. The van der Waals surface area contributed by atoms with Crippen molar-refractivity contribution in [3.05, 3.63) is 78.6 Å². The fourth-order valence-corrected chi connectivity index (χ4v) is 2.98. The standard InChI is InChI=1S/C21H19FN6O/c1-27-20(14-19(25-27)15-2-4-17(22)5-3-15)21(29)24-11-13-28-12-8-18(26-28)16-6-9-23-10-7-16/h2-10,12,14H,11,13H2,1H3,(H,24,29). The first kappa shape index (κ1) is 18.5. The number of nitrogens with zero attached hydrogens (tertiary/aromatic N) is 5. The number of aromatic nitrogens is 5. The van der Waals surface area contributed by atoms with E-state index in [0.29, 0.717) is 24.5 Å². The molecular formula is C21H19FN6O. The number of pyridine rings is 1. The van der Waals surface area contributed by atoms with E-state index >= 15 is 0 Å². The zero-order valence-corrected chi connectivity index (χ0v) is 15.8. The molecule has 0 fully saturated rings.